The van der Waals surface area contributed by atoms with Crippen molar-refractivity contribution >= 4 is 37.4 Å². The second kappa shape index (κ2) is 3.29. The maximum atomic E-state index is 9.25. The van der Waals surface area contributed by atoms with Crippen molar-refractivity contribution in [3.63, 3.8) is 0 Å². The van der Waals surface area contributed by atoms with E-state index in [-0.39, 0.29) is 6.61 Å². The molecule has 1 aromatic carbocycles. The van der Waals surface area contributed by atoms with E-state index in [1.165, 1.54) is 11.3 Å². The van der Waals surface area contributed by atoms with E-state index < -0.39 is 0 Å². The molecule has 2 rings (SSSR count). The van der Waals surface area contributed by atoms with Crippen molar-refractivity contribution in [1.29, 1.82) is 0 Å². The molecule has 0 fully saturated rings. The highest BCUT2D eigenvalue weighted by atomic mass is 79.9. The average molecular weight is 259 g/mol. The number of aliphatic hydroxyl groups excluding tert-OH is 1. The third kappa shape index (κ3) is 1.57. The summed E-state index contributed by atoms with van der Waals surface area (Å²) in [5.74, 6) is 0. The highest BCUT2D eigenvalue weighted by molar-refractivity contribution is 9.10. The van der Waals surface area contributed by atoms with Gasteiger partial charge in [0.05, 0.1) is 6.61 Å². The predicted molar refractivity (Wildman–Crippen MR) is 57.1 cm³/mol. The van der Waals surface area contributed by atoms with Gasteiger partial charge >= 0.3 is 0 Å². The Morgan fingerprint density at radius 1 is 1.31 bits per heavy atom. The number of rotatable bonds is 1. The van der Waals surface area contributed by atoms with Gasteiger partial charge in [0.25, 0.3) is 0 Å². The van der Waals surface area contributed by atoms with Crippen LogP contribution in [0.25, 0.3) is 10.1 Å². The molecule has 0 radical (unpaired) electrons. The summed E-state index contributed by atoms with van der Waals surface area (Å²) in [6.07, 6.45) is 0. The molecule has 0 amide bonds. The maximum Gasteiger partial charge on any atom is 0.172 e. The van der Waals surface area contributed by atoms with Gasteiger partial charge in [0, 0.05) is 9.17 Å². The Hall–Kier alpha value is -0.580. The molecule has 0 unspecified atom stereocenters. The summed E-state index contributed by atoms with van der Waals surface area (Å²) in [7, 11) is 0. The molecule has 0 aliphatic heterocycles. The molecule has 0 saturated carbocycles. The summed E-state index contributed by atoms with van der Waals surface area (Å²) in [4.78, 5) is 0. The quantitative estimate of drug-likeness (QED) is 0.826. The molecule has 1 aromatic heterocycles. The van der Waals surface area contributed by atoms with Gasteiger partial charge in [0.15, 0.2) is 5.06 Å². The van der Waals surface area contributed by atoms with Crippen LogP contribution in [-0.2, 0) is 6.61 Å². The molecule has 2 aromatic rings. The minimum atomic E-state index is 0.00911. The third-order valence-electron chi connectivity index (χ3n) is 1.84. The molecule has 0 aliphatic carbocycles. The van der Waals surface area contributed by atoms with Gasteiger partial charge in [-0.1, -0.05) is 27.3 Å². The van der Waals surface area contributed by atoms with Crippen molar-refractivity contribution < 1.29 is 10.2 Å². The Labute approximate surface area is 87.6 Å². The summed E-state index contributed by atoms with van der Waals surface area (Å²) >= 11 is 4.66. The lowest BCUT2D eigenvalue weighted by atomic mass is 10.2. The number of fused-ring (bicyclic) bond motifs is 1. The van der Waals surface area contributed by atoms with Crippen molar-refractivity contribution in [1.82, 2.24) is 0 Å². The minimum absolute atomic E-state index is 0.00911. The van der Waals surface area contributed by atoms with Crippen LogP contribution in [0, 0.1) is 0 Å². The van der Waals surface area contributed by atoms with Crippen molar-refractivity contribution in [3.8, 4) is 5.06 Å². The zero-order valence-corrected chi connectivity index (χ0v) is 9.02. The summed E-state index contributed by atoms with van der Waals surface area (Å²) in [6, 6.07) is 5.49. The summed E-state index contributed by atoms with van der Waals surface area (Å²) in [5.41, 5.74) is 0.842. The lowest BCUT2D eigenvalue weighted by molar-refractivity contribution is 0.281. The van der Waals surface area contributed by atoms with Crippen molar-refractivity contribution in [2.45, 2.75) is 6.61 Å². The van der Waals surface area contributed by atoms with Crippen LogP contribution in [0.3, 0.4) is 0 Å². The first-order valence-corrected chi connectivity index (χ1v) is 5.33. The predicted octanol–water partition coefficient (Wildman–Crippen LogP) is 2.86. The third-order valence-corrected chi connectivity index (χ3v) is 3.48. The number of hydrogen-bond donors (Lipinski definition) is 2. The minimum Gasteiger partial charge on any atom is -0.499 e. The van der Waals surface area contributed by atoms with E-state index >= 15 is 0 Å². The Balaban J connectivity index is 2.72. The standard InChI is InChI=1S/C9H7BrO2S/c10-7-1-5-3-9(12)13-8(5)2-6(7)4-11/h1-3,11-12H,4H2. The first-order chi connectivity index (χ1) is 6.20. The lowest BCUT2D eigenvalue weighted by Crippen LogP contribution is -1.83. The van der Waals surface area contributed by atoms with E-state index in [0.29, 0.717) is 5.06 Å². The van der Waals surface area contributed by atoms with Crippen LogP contribution in [0.5, 0.6) is 5.06 Å². The summed E-state index contributed by atoms with van der Waals surface area (Å²) in [6.45, 7) is 0.00911. The summed E-state index contributed by atoms with van der Waals surface area (Å²) < 4.78 is 1.87. The normalized spacial score (nSPS) is 10.9. The molecule has 1 heterocycles. The molecule has 4 heteroatoms. The fourth-order valence-electron chi connectivity index (χ4n) is 1.21. The van der Waals surface area contributed by atoms with Crippen LogP contribution >= 0.6 is 27.3 Å². The number of hydrogen-bond acceptors (Lipinski definition) is 3. The first kappa shape index (κ1) is 8.99. The first-order valence-electron chi connectivity index (χ1n) is 3.72. The van der Waals surface area contributed by atoms with Crippen molar-refractivity contribution in [2.24, 2.45) is 0 Å². The average Bonchev–Trinajstić information content (AvgIpc) is 2.42. The Kier molecular flexibility index (Phi) is 2.27. The maximum absolute atomic E-state index is 9.25. The van der Waals surface area contributed by atoms with E-state index in [0.717, 1.165) is 20.1 Å². The van der Waals surface area contributed by atoms with Crippen LogP contribution in [0.2, 0.25) is 0 Å². The highest BCUT2D eigenvalue weighted by Crippen LogP contribution is 2.34. The number of benzene rings is 1. The lowest BCUT2D eigenvalue weighted by Gasteiger charge is -1.99. The molecule has 2 nitrogen and oxygen atoms in total. The van der Waals surface area contributed by atoms with Crippen LogP contribution in [0.4, 0.5) is 0 Å². The summed E-state index contributed by atoms with van der Waals surface area (Å²) in [5, 5.41) is 19.5. The molecule has 0 spiro atoms. The van der Waals surface area contributed by atoms with Gasteiger partial charge in [-0.05, 0) is 29.1 Å². The van der Waals surface area contributed by atoms with Crippen LogP contribution in [0.1, 0.15) is 5.56 Å². The Morgan fingerprint density at radius 2 is 2.08 bits per heavy atom. The Morgan fingerprint density at radius 3 is 2.77 bits per heavy atom. The van der Waals surface area contributed by atoms with E-state index in [4.69, 9.17) is 5.11 Å². The van der Waals surface area contributed by atoms with Crippen molar-refractivity contribution in [2.75, 3.05) is 0 Å². The number of halogens is 1. The fourth-order valence-corrected chi connectivity index (χ4v) is 2.54. The molecule has 0 atom stereocenters. The molecule has 0 aliphatic rings. The van der Waals surface area contributed by atoms with Gasteiger partial charge in [-0.15, -0.1) is 0 Å². The number of thiophene rings is 1. The molecular formula is C9H7BrO2S. The molecule has 13 heavy (non-hydrogen) atoms. The monoisotopic (exact) mass is 258 g/mol. The van der Waals surface area contributed by atoms with E-state index in [1.807, 2.05) is 12.1 Å². The van der Waals surface area contributed by atoms with E-state index in [1.54, 1.807) is 6.07 Å². The molecule has 0 bridgehead atoms. The fraction of sp³-hybridized carbons (Fsp3) is 0.111. The zero-order valence-electron chi connectivity index (χ0n) is 6.62. The molecule has 2 N–H and O–H groups in total. The molecule has 68 valence electrons. The second-order valence-electron chi connectivity index (χ2n) is 2.72. The second-order valence-corrected chi connectivity index (χ2v) is 4.64. The van der Waals surface area contributed by atoms with Gasteiger partial charge in [-0.25, -0.2) is 0 Å². The van der Waals surface area contributed by atoms with Gasteiger partial charge in [-0.3, -0.25) is 0 Å². The molecule has 0 saturated heterocycles. The topological polar surface area (TPSA) is 40.5 Å². The zero-order chi connectivity index (χ0) is 9.42. The van der Waals surface area contributed by atoms with Gasteiger partial charge in [0.1, 0.15) is 0 Å². The highest BCUT2D eigenvalue weighted by Gasteiger charge is 2.05. The molecular weight excluding hydrogens is 252 g/mol. The van der Waals surface area contributed by atoms with Gasteiger partial charge < -0.3 is 10.2 Å². The van der Waals surface area contributed by atoms with Gasteiger partial charge in [-0.2, -0.15) is 0 Å². The van der Waals surface area contributed by atoms with Gasteiger partial charge in [0.2, 0.25) is 0 Å². The van der Waals surface area contributed by atoms with Crippen LogP contribution in [0.15, 0.2) is 22.7 Å². The van der Waals surface area contributed by atoms with Crippen LogP contribution in [-0.4, -0.2) is 10.2 Å². The smallest absolute Gasteiger partial charge is 0.172 e. The SMILES string of the molecule is OCc1cc2sc(O)cc2cc1Br. The largest absolute Gasteiger partial charge is 0.499 e. The van der Waals surface area contributed by atoms with Crippen LogP contribution < -0.4 is 0 Å². The number of aliphatic hydroxyl groups is 1. The van der Waals surface area contributed by atoms with Crippen molar-refractivity contribution in [3.05, 3.63) is 28.2 Å². The Bertz CT molecular complexity index is 450. The number of aromatic hydroxyl groups is 1. The van der Waals surface area contributed by atoms with E-state index in [2.05, 4.69) is 15.9 Å². The van der Waals surface area contributed by atoms with E-state index in [9.17, 15) is 5.11 Å².